The molecule has 0 fully saturated rings. The molecule has 5 heteroatoms. The minimum atomic E-state index is -0.289. The van der Waals surface area contributed by atoms with Gasteiger partial charge in [0, 0.05) is 12.6 Å². The number of nitrogens with zero attached hydrogens (tertiary/aromatic N) is 2. The molecule has 1 aromatic heterocycles. The van der Waals surface area contributed by atoms with Gasteiger partial charge in [0.25, 0.3) is 0 Å². The fraction of sp³-hybridized carbons (Fsp3) is 0.400. The first-order valence-electron chi connectivity index (χ1n) is 6.69. The molecule has 0 unspecified atom stereocenters. The topological polar surface area (TPSA) is 27.1 Å². The van der Waals surface area contributed by atoms with Crippen LogP contribution >= 0.6 is 15.9 Å². The summed E-state index contributed by atoms with van der Waals surface area (Å²) in [5.74, 6) is 0.279. The fourth-order valence-electron chi connectivity index (χ4n) is 2.03. The Hall–Kier alpha value is -1.36. The van der Waals surface area contributed by atoms with Gasteiger partial charge in [0.05, 0.1) is 15.9 Å². The first-order valence-corrected chi connectivity index (χ1v) is 7.49. The second kappa shape index (κ2) is 6.39. The van der Waals surface area contributed by atoms with Crippen molar-refractivity contribution >= 4 is 15.9 Å². The van der Waals surface area contributed by atoms with E-state index in [0.29, 0.717) is 12.4 Å². The molecule has 0 bridgehead atoms. The number of halogens is 2. The molecule has 0 N–H and O–H groups in total. The van der Waals surface area contributed by atoms with Crippen LogP contribution in [0.4, 0.5) is 4.39 Å². The molecule has 0 spiro atoms. The molecule has 2 aromatic rings. The molecule has 20 heavy (non-hydrogen) atoms. The highest BCUT2D eigenvalue weighted by Gasteiger charge is 2.14. The predicted octanol–water partition coefficient (Wildman–Crippen LogP) is 4.25. The second-order valence-electron chi connectivity index (χ2n) is 4.58. The summed E-state index contributed by atoms with van der Waals surface area (Å²) in [6.45, 7) is 7.15. The van der Waals surface area contributed by atoms with E-state index in [2.05, 4.69) is 28.0 Å². The zero-order chi connectivity index (χ0) is 14.7. The highest BCUT2D eigenvalue weighted by molar-refractivity contribution is 9.10. The Labute approximate surface area is 126 Å². The van der Waals surface area contributed by atoms with E-state index in [1.807, 2.05) is 18.5 Å². The van der Waals surface area contributed by atoms with Crippen LogP contribution in [-0.4, -0.2) is 9.78 Å². The van der Waals surface area contributed by atoms with E-state index in [9.17, 15) is 4.39 Å². The summed E-state index contributed by atoms with van der Waals surface area (Å²) in [5, 5.41) is 4.51. The van der Waals surface area contributed by atoms with Crippen LogP contribution < -0.4 is 4.74 Å². The molecule has 0 radical (unpaired) electrons. The lowest BCUT2D eigenvalue weighted by Crippen LogP contribution is -2.07. The lowest BCUT2D eigenvalue weighted by molar-refractivity contribution is 0.288. The summed E-state index contributed by atoms with van der Waals surface area (Å²) in [6.07, 6.45) is 0.861. The van der Waals surface area contributed by atoms with Crippen LogP contribution in [0.3, 0.4) is 0 Å². The van der Waals surface area contributed by atoms with Crippen LogP contribution in [0.15, 0.2) is 22.7 Å². The smallest absolute Gasteiger partial charge is 0.131 e. The quantitative estimate of drug-likeness (QED) is 0.813. The number of ether oxygens (including phenoxy) is 1. The Kier molecular flexibility index (Phi) is 4.81. The van der Waals surface area contributed by atoms with Gasteiger partial charge >= 0.3 is 0 Å². The number of benzene rings is 1. The van der Waals surface area contributed by atoms with Crippen molar-refractivity contribution in [2.45, 2.75) is 40.3 Å². The van der Waals surface area contributed by atoms with E-state index >= 15 is 0 Å². The van der Waals surface area contributed by atoms with Gasteiger partial charge in [0.1, 0.15) is 18.2 Å². The molecule has 0 atom stereocenters. The third kappa shape index (κ3) is 3.03. The molecular weight excluding hydrogens is 323 g/mol. The molecule has 0 saturated carbocycles. The number of hydrogen-bond acceptors (Lipinski definition) is 2. The first-order chi connectivity index (χ1) is 9.56. The van der Waals surface area contributed by atoms with Crippen LogP contribution in [0.1, 0.15) is 30.8 Å². The monoisotopic (exact) mass is 340 g/mol. The second-order valence-corrected chi connectivity index (χ2v) is 5.37. The van der Waals surface area contributed by atoms with Crippen LogP contribution in [0.2, 0.25) is 0 Å². The van der Waals surface area contributed by atoms with Gasteiger partial charge in [-0.15, -0.1) is 0 Å². The molecular formula is C15H18BrFN2O. The van der Waals surface area contributed by atoms with Gasteiger partial charge in [0.15, 0.2) is 0 Å². The standard InChI is InChI=1S/C15H18BrFN2O/c1-4-12-15(16)13(19(5-2)18-12)9-20-14-8-11(17)7-6-10(14)3/h6-8H,4-5,9H2,1-3H3. The normalized spacial score (nSPS) is 10.8. The van der Waals surface area contributed by atoms with Gasteiger partial charge < -0.3 is 4.74 Å². The molecule has 1 heterocycles. The van der Waals surface area contributed by atoms with Crippen LogP contribution in [-0.2, 0) is 19.6 Å². The van der Waals surface area contributed by atoms with E-state index in [4.69, 9.17) is 4.74 Å². The van der Waals surface area contributed by atoms with Crippen molar-refractivity contribution in [3.63, 3.8) is 0 Å². The number of aryl methyl sites for hydroxylation is 3. The van der Waals surface area contributed by atoms with E-state index in [1.165, 1.54) is 12.1 Å². The average Bonchev–Trinajstić information content (AvgIpc) is 2.75. The van der Waals surface area contributed by atoms with Gasteiger partial charge in [-0.25, -0.2) is 4.39 Å². The summed E-state index contributed by atoms with van der Waals surface area (Å²) in [4.78, 5) is 0. The first kappa shape index (κ1) is 15.0. The van der Waals surface area contributed by atoms with Crippen molar-refractivity contribution in [1.82, 2.24) is 9.78 Å². The summed E-state index contributed by atoms with van der Waals surface area (Å²) in [5.41, 5.74) is 2.91. The zero-order valence-electron chi connectivity index (χ0n) is 11.9. The maximum absolute atomic E-state index is 13.2. The van der Waals surface area contributed by atoms with Crippen LogP contribution in [0, 0.1) is 12.7 Å². The SMILES string of the molecule is CCc1nn(CC)c(COc2cc(F)ccc2C)c1Br. The van der Waals surface area contributed by atoms with Gasteiger partial charge in [-0.1, -0.05) is 13.0 Å². The highest BCUT2D eigenvalue weighted by atomic mass is 79.9. The Bertz CT molecular complexity index is 610. The minimum Gasteiger partial charge on any atom is -0.487 e. The van der Waals surface area contributed by atoms with E-state index in [0.717, 1.165) is 34.4 Å². The molecule has 0 aliphatic carbocycles. The van der Waals surface area contributed by atoms with E-state index in [1.54, 1.807) is 6.07 Å². The zero-order valence-corrected chi connectivity index (χ0v) is 13.5. The Morgan fingerprint density at radius 2 is 2.10 bits per heavy atom. The maximum atomic E-state index is 13.2. The van der Waals surface area contributed by atoms with Crippen molar-refractivity contribution in [1.29, 1.82) is 0 Å². The Morgan fingerprint density at radius 3 is 2.75 bits per heavy atom. The summed E-state index contributed by atoms with van der Waals surface area (Å²) in [7, 11) is 0. The summed E-state index contributed by atoms with van der Waals surface area (Å²) >= 11 is 3.57. The number of rotatable bonds is 5. The highest BCUT2D eigenvalue weighted by Crippen LogP contribution is 2.25. The lowest BCUT2D eigenvalue weighted by atomic mass is 10.2. The van der Waals surface area contributed by atoms with Crippen LogP contribution in [0.5, 0.6) is 5.75 Å². The molecule has 0 aliphatic rings. The average molecular weight is 341 g/mol. The van der Waals surface area contributed by atoms with Crippen molar-refractivity contribution < 1.29 is 9.13 Å². The van der Waals surface area contributed by atoms with E-state index < -0.39 is 0 Å². The third-order valence-corrected chi connectivity index (χ3v) is 4.12. The molecule has 1 aromatic carbocycles. The lowest BCUT2D eigenvalue weighted by Gasteiger charge is -2.10. The summed E-state index contributed by atoms with van der Waals surface area (Å²) < 4.78 is 21.9. The number of hydrogen-bond donors (Lipinski definition) is 0. The molecule has 108 valence electrons. The van der Waals surface area contributed by atoms with Crippen molar-refractivity contribution in [3.05, 3.63) is 45.4 Å². The van der Waals surface area contributed by atoms with Gasteiger partial charge in [-0.2, -0.15) is 5.10 Å². The van der Waals surface area contributed by atoms with Gasteiger partial charge in [-0.3, -0.25) is 4.68 Å². The molecule has 3 nitrogen and oxygen atoms in total. The van der Waals surface area contributed by atoms with E-state index in [-0.39, 0.29) is 5.82 Å². The minimum absolute atomic E-state index is 0.289. The largest absolute Gasteiger partial charge is 0.487 e. The molecule has 0 amide bonds. The van der Waals surface area contributed by atoms with Crippen molar-refractivity contribution in [3.8, 4) is 5.75 Å². The predicted molar refractivity (Wildman–Crippen MR) is 80.4 cm³/mol. The summed E-state index contributed by atoms with van der Waals surface area (Å²) in [6, 6.07) is 4.56. The van der Waals surface area contributed by atoms with Gasteiger partial charge in [0.2, 0.25) is 0 Å². The maximum Gasteiger partial charge on any atom is 0.131 e. The molecule has 0 aliphatic heterocycles. The Morgan fingerprint density at radius 1 is 1.35 bits per heavy atom. The van der Waals surface area contributed by atoms with Crippen LogP contribution in [0.25, 0.3) is 0 Å². The van der Waals surface area contributed by atoms with Gasteiger partial charge in [-0.05, 0) is 47.8 Å². The fourth-order valence-corrected chi connectivity index (χ4v) is 2.71. The van der Waals surface area contributed by atoms with Crippen molar-refractivity contribution in [2.24, 2.45) is 0 Å². The number of aromatic nitrogens is 2. The van der Waals surface area contributed by atoms with Crippen molar-refractivity contribution in [2.75, 3.05) is 0 Å². The Balaban J connectivity index is 2.22. The molecule has 2 rings (SSSR count). The third-order valence-electron chi connectivity index (χ3n) is 3.21. The molecule has 0 saturated heterocycles.